The second kappa shape index (κ2) is 6.48. The van der Waals surface area contributed by atoms with Crippen molar-refractivity contribution >= 4 is 23.1 Å². The summed E-state index contributed by atoms with van der Waals surface area (Å²) in [5.41, 5.74) is 5.36. The first-order chi connectivity index (χ1) is 11.1. The number of para-hydroxylation sites is 1. The average Bonchev–Trinajstić information content (AvgIpc) is 2.46. The summed E-state index contributed by atoms with van der Waals surface area (Å²) < 4.78 is 0. The Bertz CT molecular complexity index is 793. The second-order valence-corrected chi connectivity index (χ2v) is 5.71. The van der Waals surface area contributed by atoms with E-state index in [1.54, 1.807) is 0 Å². The van der Waals surface area contributed by atoms with Gasteiger partial charge in [-0.15, -0.1) is 0 Å². The van der Waals surface area contributed by atoms with Crippen molar-refractivity contribution in [2.24, 2.45) is 0 Å². The van der Waals surface area contributed by atoms with Crippen LogP contribution < -0.4 is 10.6 Å². The minimum Gasteiger partial charge on any atom is -0.340 e. The van der Waals surface area contributed by atoms with Gasteiger partial charge in [-0.05, 0) is 56.2 Å². The maximum absolute atomic E-state index is 4.55. The smallest absolute Gasteiger partial charge is 0.229 e. The van der Waals surface area contributed by atoms with Crippen molar-refractivity contribution in [2.75, 3.05) is 10.6 Å². The average molecular weight is 304 g/mol. The number of anilines is 4. The van der Waals surface area contributed by atoms with Crippen molar-refractivity contribution in [2.45, 2.75) is 20.8 Å². The molecule has 0 spiro atoms. The lowest BCUT2D eigenvalue weighted by atomic mass is 10.1. The molecule has 2 aromatic carbocycles. The van der Waals surface area contributed by atoms with Crippen LogP contribution in [0.2, 0.25) is 0 Å². The lowest BCUT2D eigenvalue weighted by molar-refractivity contribution is 1.11. The fraction of sp³-hybridized carbons (Fsp3) is 0.158. The molecule has 0 bridgehead atoms. The Morgan fingerprint density at radius 2 is 1.39 bits per heavy atom. The fourth-order valence-corrected chi connectivity index (χ4v) is 2.53. The molecule has 1 aromatic heterocycles. The fourth-order valence-electron chi connectivity index (χ4n) is 2.53. The van der Waals surface area contributed by atoms with E-state index in [1.807, 2.05) is 43.3 Å². The summed E-state index contributed by atoms with van der Waals surface area (Å²) >= 11 is 0. The minimum atomic E-state index is 0.586. The molecular formula is C19H20N4. The third-order valence-corrected chi connectivity index (χ3v) is 3.38. The van der Waals surface area contributed by atoms with Crippen LogP contribution in [-0.2, 0) is 0 Å². The van der Waals surface area contributed by atoms with Crippen molar-refractivity contribution in [3.63, 3.8) is 0 Å². The Balaban J connectivity index is 1.85. The van der Waals surface area contributed by atoms with E-state index in [4.69, 9.17) is 0 Å². The van der Waals surface area contributed by atoms with E-state index < -0.39 is 0 Å². The zero-order valence-corrected chi connectivity index (χ0v) is 13.6. The van der Waals surface area contributed by atoms with E-state index in [1.165, 1.54) is 11.1 Å². The zero-order valence-electron chi connectivity index (χ0n) is 13.6. The molecule has 0 unspecified atom stereocenters. The SMILES string of the molecule is Cc1cc(C)cc(Nc2cc(C)nc(Nc3ccccc3)n2)c1. The van der Waals surface area contributed by atoms with Gasteiger partial charge in [-0.2, -0.15) is 4.98 Å². The van der Waals surface area contributed by atoms with Gasteiger partial charge in [-0.1, -0.05) is 24.3 Å². The van der Waals surface area contributed by atoms with Gasteiger partial charge in [0.1, 0.15) is 5.82 Å². The molecule has 0 radical (unpaired) electrons. The quantitative estimate of drug-likeness (QED) is 0.720. The monoisotopic (exact) mass is 304 g/mol. The normalized spacial score (nSPS) is 10.4. The Morgan fingerprint density at radius 3 is 2.09 bits per heavy atom. The first-order valence-electron chi connectivity index (χ1n) is 7.61. The largest absolute Gasteiger partial charge is 0.340 e. The lowest BCUT2D eigenvalue weighted by Crippen LogP contribution is -2.02. The van der Waals surface area contributed by atoms with Crippen LogP contribution in [0.4, 0.5) is 23.1 Å². The maximum atomic E-state index is 4.55. The summed E-state index contributed by atoms with van der Waals surface area (Å²) in [7, 11) is 0. The highest BCUT2D eigenvalue weighted by Crippen LogP contribution is 2.21. The summed E-state index contributed by atoms with van der Waals surface area (Å²) in [6.07, 6.45) is 0. The Hall–Kier alpha value is -2.88. The molecule has 0 aliphatic rings. The zero-order chi connectivity index (χ0) is 16.2. The number of aromatic nitrogens is 2. The number of aryl methyl sites for hydroxylation is 3. The molecule has 0 amide bonds. The van der Waals surface area contributed by atoms with Gasteiger partial charge in [0, 0.05) is 23.1 Å². The predicted molar refractivity (Wildman–Crippen MR) is 95.7 cm³/mol. The van der Waals surface area contributed by atoms with Crippen LogP contribution in [-0.4, -0.2) is 9.97 Å². The second-order valence-electron chi connectivity index (χ2n) is 5.71. The minimum absolute atomic E-state index is 0.586. The van der Waals surface area contributed by atoms with Crippen LogP contribution in [0.3, 0.4) is 0 Å². The number of hydrogen-bond donors (Lipinski definition) is 2. The third-order valence-electron chi connectivity index (χ3n) is 3.38. The standard InChI is InChI=1S/C19H20N4/c1-13-9-14(2)11-17(10-13)21-18-12-15(3)20-19(23-18)22-16-7-5-4-6-8-16/h4-12H,1-3H3,(H2,20,21,22,23). The molecule has 1 heterocycles. The molecule has 4 nitrogen and oxygen atoms in total. The first kappa shape index (κ1) is 15.0. The summed E-state index contributed by atoms with van der Waals surface area (Å²) in [5, 5.41) is 6.59. The van der Waals surface area contributed by atoms with Crippen LogP contribution >= 0.6 is 0 Å². The van der Waals surface area contributed by atoms with E-state index in [0.717, 1.165) is 22.9 Å². The molecule has 116 valence electrons. The van der Waals surface area contributed by atoms with Crippen molar-refractivity contribution < 1.29 is 0 Å². The van der Waals surface area contributed by atoms with E-state index in [-0.39, 0.29) is 0 Å². The Morgan fingerprint density at radius 1 is 0.696 bits per heavy atom. The molecule has 0 atom stereocenters. The molecular weight excluding hydrogens is 284 g/mol. The molecule has 23 heavy (non-hydrogen) atoms. The number of nitrogens with zero attached hydrogens (tertiary/aromatic N) is 2. The Labute approximate surface area is 136 Å². The molecule has 4 heteroatoms. The van der Waals surface area contributed by atoms with E-state index >= 15 is 0 Å². The highest BCUT2D eigenvalue weighted by atomic mass is 15.1. The topological polar surface area (TPSA) is 49.8 Å². The van der Waals surface area contributed by atoms with Gasteiger partial charge in [0.05, 0.1) is 0 Å². The van der Waals surface area contributed by atoms with Gasteiger partial charge in [0.2, 0.25) is 5.95 Å². The predicted octanol–water partition coefficient (Wildman–Crippen LogP) is 4.89. The highest BCUT2D eigenvalue weighted by Gasteiger charge is 2.04. The van der Waals surface area contributed by atoms with Crippen LogP contribution in [0.1, 0.15) is 16.8 Å². The van der Waals surface area contributed by atoms with E-state index in [9.17, 15) is 0 Å². The van der Waals surface area contributed by atoms with Crippen molar-refractivity contribution in [3.05, 3.63) is 71.4 Å². The van der Waals surface area contributed by atoms with Gasteiger partial charge < -0.3 is 10.6 Å². The van der Waals surface area contributed by atoms with Crippen molar-refractivity contribution in [1.29, 1.82) is 0 Å². The van der Waals surface area contributed by atoms with Crippen LogP contribution in [0, 0.1) is 20.8 Å². The third kappa shape index (κ3) is 4.07. The van der Waals surface area contributed by atoms with Gasteiger partial charge in [0.25, 0.3) is 0 Å². The van der Waals surface area contributed by atoms with Gasteiger partial charge >= 0.3 is 0 Å². The van der Waals surface area contributed by atoms with Crippen molar-refractivity contribution in [1.82, 2.24) is 9.97 Å². The van der Waals surface area contributed by atoms with E-state index in [2.05, 4.69) is 52.6 Å². The van der Waals surface area contributed by atoms with Gasteiger partial charge in [0.15, 0.2) is 0 Å². The van der Waals surface area contributed by atoms with Crippen LogP contribution in [0.5, 0.6) is 0 Å². The number of benzene rings is 2. The molecule has 0 saturated heterocycles. The summed E-state index contributed by atoms with van der Waals surface area (Å²) in [4.78, 5) is 8.99. The molecule has 3 aromatic rings. The lowest BCUT2D eigenvalue weighted by Gasteiger charge is -2.11. The molecule has 0 aliphatic heterocycles. The summed E-state index contributed by atoms with van der Waals surface area (Å²) in [5.74, 6) is 1.36. The van der Waals surface area contributed by atoms with Gasteiger partial charge in [-0.3, -0.25) is 0 Å². The molecule has 2 N–H and O–H groups in total. The number of nitrogens with one attached hydrogen (secondary N) is 2. The van der Waals surface area contributed by atoms with E-state index in [0.29, 0.717) is 5.95 Å². The van der Waals surface area contributed by atoms with Crippen molar-refractivity contribution in [3.8, 4) is 0 Å². The molecule has 3 rings (SSSR count). The molecule has 0 fully saturated rings. The summed E-state index contributed by atoms with van der Waals surface area (Å²) in [6, 6.07) is 18.2. The highest BCUT2D eigenvalue weighted by molar-refractivity contribution is 5.61. The number of rotatable bonds is 4. The summed E-state index contributed by atoms with van der Waals surface area (Å²) in [6.45, 7) is 6.14. The number of hydrogen-bond acceptors (Lipinski definition) is 4. The maximum Gasteiger partial charge on any atom is 0.229 e. The van der Waals surface area contributed by atoms with Crippen LogP contribution in [0.15, 0.2) is 54.6 Å². The first-order valence-corrected chi connectivity index (χ1v) is 7.61. The molecule has 0 saturated carbocycles. The van der Waals surface area contributed by atoms with Crippen LogP contribution in [0.25, 0.3) is 0 Å². The molecule has 0 aliphatic carbocycles. The Kier molecular flexibility index (Phi) is 4.24. The van der Waals surface area contributed by atoms with Gasteiger partial charge in [-0.25, -0.2) is 4.98 Å².